The number of hydrogen-bond acceptors (Lipinski definition) is 10. The maximum Gasteiger partial charge on any atom is 0.305 e. The summed E-state index contributed by atoms with van der Waals surface area (Å²) in [6.45, 7) is 1.32. The van der Waals surface area contributed by atoms with Crippen molar-refractivity contribution in [2.75, 3.05) is 52.8 Å². The van der Waals surface area contributed by atoms with Crippen LogP contribution in [0, 0.1) is 0 Å². The fraction of sp³-hybridized carbons (Fsp3) is 0.500. The molecule has 0 aromatic heterocycles. The molecule has 1 aromatic carbocycles. The summed E-state index contributed by atoms with van der Waals surface area (Å²) in [5.41, 5.74) is 0.0191. The number of benzene rings is 1. The van der Waals surface area contributed by atoms with Crippen LogP contribution in [0.15, 0.2) is 18.2 Å². The lowest BCUT2D eigenvalue weighted by Crippen LogP contribution is -2.54. The zero-order valence-electron chi connectivity index (χ0n) is 20.6. The summed E-state index contributed by atoms with van der Waals surface area (Å²) in [5.74, 6) is -3.93. The van der Waals surface area contributed by atoms with Crippen LogP contribution in [0.2, 0.25) is 0 Å². The van der Waals surface area contributed by atoms with Crippen molar-refractivity contribution in [3.63, 3.8) is 0 Å². The number of fused-ring (bicyclic) bond motifs is 1. The lowest BCUT2D eigenvalue weighted by molar-refractivity contribution is -0.138. The van der Waals surface area contributed by atoms with Gasteiger partial charge in [0.05, 0.1) is 57.2 Å². The van der Waals surface area contributed by atoms with Crippen LogP contribution in [-0.4, -0.2) is 104 Å². The Labute approximate surface area is 217 Å². The molecule has 2 aliphatic rings. The predicted molar refractivity (Wildman–Crippen MR) is 126 cm³/mol. The number of aliphatic carboxylic acids is 1. The van der Waals surface area contributed by atoms with E-state index in [-0.39, 0.29) is 69.1 Å². The minimum Gasteiger partial charge on any atom is -0.483 e. The van der Waals surface area contributed by atoms with Gasteiger partial charge in [-0.05, 0) is 18.6 Å². The first-order chi connectivity index (χ1) is 18.3. The first kappa shape index (κ1) is 28.7. The lowest BCUT2D eigenvalue weighted by atomic mass is 10.0. The van der Waals surface area contributed by atoms with Crippen LogP contribution in [0.5, 0.6) is 5.75 Å². The topological polar surface area (TPSA) is 187 Å². The number of ether oxygens (including phenoxy) is 4. The molecule has 1 unspecified atom stereocenters. The van der Waals surface area contributed by atoms with Gasteiger partial charge in [0.15, 0.2) is 6.61 Å². The minimum absolute atomic E-state index is 0.00915. The number of nitrogens with zero attached hydrogens (tertiary/aromatic N) is 1. The van der Waals surface area contributed by atoms with E-state index in [1.54, 1.807) is 0 Å². The standard InChI is InChI=1S/C24H29N3O11/c28-18-5-4-16(22(32)26-18)27-23(33)15-2-1-3-17(21(15)24(27)34)38-14-19(29)25-7-9-36-11-13-37-12-10-35-8-6-20(30)31/h1-3,16H,4-14H2,(H,25,29)(H,30,31)(H,26,28,32). The van der Waals surface area contributed by atoms with Crippen molar-refractivity contribution in [2.45, 2.75) is 25.3 Å². The molecule has 14 heteroatoms. The van der Waals surface area contributed by atoms with Crippen molar-refractivity contribution >= 4 is 35.5 Å². The van der Waals surface area contributed by atoms with E-state index in [1.807, 2.05) is 0 Å². The summed E-state index contributed by atoms with van der Waals surface area (Å²) < 4.78 is 21.2. The molecule has 3 N–H and O–H groups in total. The van der Waals surface area contributed by atoms with Gasteiger partial charge in [0, 0.05) is 13.0 Å². The SMILES string of the molecule is O=C(O)CCOCCOCCOCCNC(=O)COc1cccc2c1C(=O)N(C1CCC(=O)NC1=O)C2=O. The molecule has 14 nitrogen and oxygen atoms in total. The Bertz CT molecular complexity index is 1070. The molecule has 0 saturated carbocycles. The van der Waals surface area contributed by atoms with Gasteiger partial charge in [-0.25, -0.2) is 0 Å². The molecule has 206 valence electrons. The molecule has 0 spiro atoms. The number of amides is 5. The Balaban J connectivity index is 1.35. The van der Waals surface area contributed by atoms with E-state index in [1.165, 1.54) is 18.2 Å². The molecule has 3 rings (SSSR count). The van der Waals surface area contributed by atoms with E-state index in [9.17, 15) is 28.8 Å². The molecule has 0 bridgehead atoms. The van der Waals surface area contributed by atoms with Crippen LogP contribution in [0.1, 0.15) is 40.0 Å². The first-order valence-electron chi connectivity index (χ1n) is 12.0. The van der Waals surface area contributed by atoms with Crippen molar-refractivity contribution in [1.29, 1.82) is 0 Å². The number of carbonyl (C=O) groups is 6. The van der Waals surface area contributed by atoms with Crippen LogP contribution in [0.25, 0.3) is 0 Å². The largest absolute Gasteiger partial charge is 0.483 e. The van der Waals surface area contributed by atoms with Gasteiger partial charge in [0.1, 0.15) is 11.8 Å². The number of hydrogen-bond donors (Lipinski definition) is 3. The maximum absolute atomic E-state index is 13.0. The molecular formula is C24H29N3O11. The summed E-state index contributed by atoms with van der Waals surface area (Å²) in [5, 5.41) is 13.2. The van der Waals surface area contributed by atoms with Crippen molar-refractivity contribution in [3.05, 3.63) is 29.3 Å². The third kappa shape index (κ3) is 7.81. The van der Waals surface area contributed by atoms with Crippen molar-refractivity contribution in [1.82, 2.24) is 15.5 Å². The molecule has 38 heavy (non-hydrogen) atoms. The number of nitrogens with one attached hydrogen (secondary N) is 2. The minimum atomic E-state index is -1.10. The van der Waals surface area contributed by atoms with Crippen LogP contribution in [-0.2, 0) is 33.4 Å². The van der Waals surface area contributed by atoms with Crippen molar-refractivity contribution < 1.29 is 52.8 Å². The van der Waals surface area contributed by atoms with Gasteiger partial charge < -0.3 is 29.4 Å². The van der Waals surface area contributed by atoms with Gasteiger partial charge >= 0.3 is 5.97 Å². The van der Waals surface area contributed by atoms with Gasteiger partial charge in [0.25, 0.3) is 17.7 Å². The molecule has 0 radical (unpaired) electrons. The highest BCUT2D eigenvalue weighted by atomic mass is 16.5. The second-order valence-electron chi connectivity index (χ2n) is 8.25. The van der Waals surface area contributed by atoms with E-state index in [0.29, 0.717) is 13.2 Å². The molecule has 1 saturated heterocycles. The van der Waals surface area contributed by atoms with Crippen molar-refractivity contribution in [3.8, 4) is 5.75 Å². The fourth-order valence-electron chi connectivity index (χ4n) is 3.76. The van der Waals surface area contributed by atoms with Crippen LogP contribution >= 0.6 is 0 Å². The lowest BCUT2D eigenvalue weighted by Gasteiger charge is -2.27. The number of carbonyl (C=O) groups excluding carboxylic acids is 5. The zero-order chi connectivity index (χ0) is 27.5. The number of carboxylic acids is 1. The van der Waals surface area contributed by atoms with Crippen LogP contribution in [0.4, 0.5) is 0 Å². The Morgan fingerprint density at radius 2 is 1.66 bits per heavy atom. The van der Waals surface area contributed by atoms with E-state index < -0.39 is 48.2 Å². The average molecular weight is 536 g/mol. The summed E-state index contributed by atoms with van der Waals surface area (Å²) in [6, 6.07) is 3.29. The third-order valence-corrected chi connectivity index (χ3v) is 5.56. The average Bonchev–Trinajstić information content (AvgIpc) is 3.13. The Kier molecular flexibility index (Phi) is 10.7. The number of rotatable bonds is 16. The number of carboxylic acid groups (broad SMARTS) is 1. The summed E-state index contributed by atoms with van der Waals surface area (Å²) in [7, 11) is 0. The molecule has 5 amide bonds. The van der Waals surface area contributed by atoms with Crippen LogP contribution in [0.3, 0.4) is 0 Å². The molecule has 2 heterocycles. The van der Waals surface area contributed by atoms with E-state index in [2.05, 4.69) is 10.6 Å². The van der Waals surface area contributed by atoms with Gasteiger partial charge in [0.2, 0.25) is 11.8 Å². The normalized spacial score (nSPS) is 16.8. The predicted octanol–water partition coefficient (Wildman–Crippen LogP) is -0.893. The van der Waals surface area contributed by atoms with Crippen molar-refractivity contribution in [2.24, 2.45) is 0 Å². The highest BCUT2D eigenvalue weighted by Crippen LogP contribution is 2.33. The molecule has 2 aliphatic heterocycles. The molecule has 0 aliphatic carbocycles. The van der Waals surface area contributed by atoms with Crippen LogP contribution < -0.4 is 15.4 Å². The molecule has 1 atom stereocenters. The van der Waals surface area contributed by atoms with E-state index in [4.69, 9.17) is 24.1 Å². The second kappa shape index (κ2) is 14.2. The quantitative estimate of drug-likeness (QED) is 0.176. The Hall–Kier alpha value is -3.88. The highest BCUT2D eigenvalue weighted by Gasteiger charge is 2.46. The maximum atomic E-state index is 13.0. The Morgan fingerprint density at radius 1 is 0.974 bits per heavy atom. The summed E-state index contributed by atoms with van der Waals surface area (Å²) in [4.78, 5) is 72.8. The second-order valence-corrected chi connectivity index (χ2v) is 8.25. The smallest absolute Gasteiger partial charge is 0.305 e. The zero-order valence-corrected chi connectivity index (χ0v) is 20.6. The van der Waals surface area contributed by atoms with Gasteiger partial charge in [-0.1, -0.05) is 6.07 Å². The van der Waals surface area contributed by atoms with Gasteiger partial charge in [-0.2, -0.15) is 0 Å². The molecule has 1 fully saturated rings. The number of piperidine rings is 1. The third-order valence-electron chi connectivity index (χ3n) is 5.56. The first-order valence-corrected chi connectivity index (χ1v) is 12.0. The molecule has 1 aromatic rings. The fourth-order valence-corrected chi connectivity index (χ4v) is 3.76. The van der Waals surface area contributed by atoms with E-state index in [0.717, 1.165) is 4.90 Å². The van der Waals surface area contributed by atoms with Gasteiger partial charge in [-0.15, -0.1) is 0 Å². The Morgan fingerprint density at radius 3 is 2.34 bits per heavy atom. The molecular weight excluding hydrogens is 506 g/mol. The number of imide groups is 2. The van der Waals surface area contributed by atoms with Gasteiger partial charge in [-0.3, -0.25) is 39.0 Å². The highest BCUT2D eigenvalue weighted by molar-refractivity contribution is 6.24. The van der Waals surface area contributed by atoms with E-state index >= 15 is 0 Å². The summed E-state index contributed by atoms with van der Waals surface area (Å²) >= 11 is 0. The summed E-state index contributed by atoms with van der Waals surface area (Å²) in [6.07, 6.45) is -0.0183. The monoisotopic (exact) mass is 535 g/mol.